The topological polar surface area (TPSA) is 102 Å². The van der Waals surface area contributed by atoms with Gasteiger partial charge in [0.2, 0.25) is 0 Å². The van der Waals surface area contributed by atoms with Crippen molar-refractivity contribution in [2.45, 2.75) is 13.0 Å². The van der Waals surface area contributed by atoms with Gasteiger partial charge in [-0.05, 0) is 55.0 Å². The lowest BCUT2D eigenvalue weighted by Gasteiger charge is -2.19. The van der Waals surface area contributed by atoms with Crippen molar-refractivity contribution in [2.24, 2.45) is 7.05 Å². The number of methoxy groups -OCH3 is 2. The van der Waals surface area contributed by atoms with Crippen LogP contribution in [0.25, 0.3) is 22.2 Å². The smallest absolute Gasteiger partial charge is 0.329 e. The second-order valence-electron chi connectivity index (χ2n) is 8.54. The minimum atomic E-state index is -3.54. The lowest BCUT2D eigenvalue weighted by molar-refractivity contribution is 0.296. The largest absolute Gasteiger partial charge is 0.496 e. The summed E-state index contributed by atoms with van der Waals surface area (Å²) >= 11 is 0. The fraction of sp³-hybridized carbons (Fsp3) is 0.308. The molecule has 0 N–H and O–H groups in total. The van der Waals surface area contributed by atoms with Crippen LogP contribution in [0, 0.1) is 5.82 Å². The van der Waals surface area contributed by atoms with Crippen LogP contribution in [-0.4, -0.2) is 55.4 Å². The second-order valence-corrected chi connectivity index (χ2v) is 10.7. The number of hydrogen-bond acceptors (Lipinski definition) is 7. The highest BCUT2D eigenvalue weighted by atomic mass is 32.2. The van der Waals surface area contributed by atoms with Gasteiger partial charge in [-0.1, -0.05) is 6.07 Å². The summed E-state index contributed by atoms with van der Waals surface area (Å²) in [6.45, 7) is 2.12. The number of imidazole rings is 1. The highest BCUT2D eigenvalue weighted by Gasteiger charge is 2.27. The van der Waals surface area contributed by atoms with Gasteiger partial charge in [-0.25, -0.2) is 22.6 Å². The van der Waals surface area contributed by atoms with Gasteiger partial charge in [0, 0.05) is 18.9 Å². The quantitative estimate of drug-likeness (QED) is 0.327. The Morgan fingerprint density at radius 3 is 2.35 bits per heavy atom. The molecule has 0 amide bonds. The number of halogens is 1. The zero-order chi connectivity index (χ0) is 26.9. The van der Waals surface area contributed by atoms with Crippen molar-refractivity contribution in [3.63, 3.8) is 0 Å². The Kier molecular flexibility index (Phi) is 7.26. The molecule has 2 heterocycles. The highest BCUT2D eigenvalue weighted by Crippen LogP contribution is 2.34. The minimum Gasteiger partial charge on any atom is -0.496 e. The van der Waals surface area contributed by atoms with E-state index >= 15 is 0 Å². The molecule has 11 heteroatoms. The number of rotatable bonds is 9. The van der Waals surface area contributed by atoms with Crippen LogP contribution in [0.4, 0.5) is 4.39 Å². The van der Waals surface area contributed by atoms with E-state index in [9.17, 15) is 17.6 Å². The first-order valence-corrected chi connectivity index (χ1v) is 13.5. The van der Waals surface area contributed by atoms with Crippen LogP contribution in [0.15, 0.2) is 53.3 Å². The van der Waals surface area contributed by atoms with Gasteiger partial charge in [0.25, 0.3) is 5.88 Å². The average Bonchev–Trinajstić information content (AvgIpc) is 3.11. The van der Waals surface area contributed by atoms with Crippen LogP contribution in [-0.2, 0) is 16.9 Å². The summed E-state index contributed by atoms with van der Waals surface area (Å²) < 4.78 is 58.1. The zero-order valence-electron chi connectivity index (χ0n) is 21.2. The number of aromatic nitrogens is 3. The van der Waals surface area contributed by atoms with E-state index in [1.54, 1.807) is 44.3 Å². The fourth-order valence-electron chi connectivity index (χ4n) is 4.34. The van der Waals surface area contributed by atoms with E-state index in [-0.39, 0.29) is 11.6 Å². The molecule has 1 unspecified atom stereocenters. The molecule has 37 heavy (non-hydrogen) atoms. The maximum Gasteiger partial charge on any atom is 0.329 e. The van der Waals surface area contributed by atoms with Crippen LogP contribution < -0.4 is 19.9 Å². The van der Waals surface area contributed by atoms with E-state index in [1.807, 2.05) is 0 Å². The summed E-state index contributed by atoms with van der Waals surface area (Å²) in [6, 6.07) is 11.7. The third kappa shape index (κ3) is 5.17. The van der Waals surface area contributed by atoms with Crippen molar-refractivity contribution in [3.05, 3.63) is 70.5 Å². The zero-order valence-corrected chi connectivity index (χ0v) is 22.0. The maximum absolute atomic E-state index is 14.0. The number of fused-ring (bicyclic) bond motifs is 1. The van der Waals surface area contributed by atoms with Crippen molar-refractivity contribution in [1.29, 1.82) is 0 Å². The van der Waals surface area contributed by atoms with Gasteiger partial charge in [0.1, 0.15) is 21.4 Å². The molecule has 0 saturated carbocycles. The molecule has 0 saturated heterocycles. The van der Waals surface area contributed by atoms with Crippen LogP contribution in [0.1, 0.15) is 18.7 Å². The first kappa shape index (κ1) is 26.2. The summed E-state index contributed by atoms with van der Waals surface area (Å²) in [6.07, 6.45) is 1.11. The van der Waals surface area contributed by atoms with Crippen molar-refractivity contribution < 1.29 is 27.0 Å². The van der Waals surface area contributed by atoms with E-state index in [4.69, 9.17) is 14.2 Å². The molecule has 1 atom stereocenters. The molecular formula is C26H28FN3O6S. The molecule has 0 radical (unpaired) electrons. The van der Waals surface area contributed by atoms with Gasteiger partial charge in [-0.2, -0.15) is 0 Å². The number of aryl methyl sites for hydroxylation is 1. The van der Waals surface area contributed by atoms with Crippen LogP contribution >= 0.6 is 0 Å². The van der Waals surface area contributed by atoms with Gasteiger partial charge in [-0.3, -0.25) is 9.13 Å². The van der Waals surface area contributed by atoms with E-state index in [1.165, 1.54) is 41.6 Å². The Bertz CT molecular complexity index is 1630. The molecule has 0 aliphatic carbocycles. The lowest BCUT2D eigenvalue weighted by Crippen LogP contribution is -2.31. The Morgan fingerprint density at radius 1 is 1.00 bits per heavy atom. The van der Waals surface area contributed by atoms with E-state index < -0.39 is 27.4 Å². The van der Waals surface area contributed by atoms with E-state index in [2.05, 4.69) is 4.98 Å². The minimum absolute atomic E-state index is 0.203. The van der Waals surface area contributed by atoms with Crippen molar-refractivity contribution >= 4 is 20.9 Å². The van der Waals surface area contributed by atoms with E-state index in [0.717, 1.165) is 6.26 Å². The summed E-state index contributed by atoms with van der Waals surface area (Å²) in [7, 11) is 1.03. The van der Waals surface area contributed by atoms with Crippen LogP contribution in [0.5, 0.6) is 17.4 Å². The molecule has 0 aliphatic heterocycles. The molecule has 4 aromatic rings. The predicted molar refractivity (Wildman–Crippen MR) is 139 cm³/mol. The molecule has 2 aromatic carbocycles. The van der Waals surface area contributed by atoms with Gasteiger partial charge in [-0.15, -0.1) is 0 Å². The SMILES string of the molecule is CCOc1nc(C(CS(C)(=O)=O)n2c(=O)n(C)c3cc(-c4cc(F)ccc4OC)ccc32)ccc1OC. The Morgan fingerprint density at radius 2 is 1.70 bits per heavy atom. The molecule has 2 aromatic heterocycles. The first-order valence-electron chi connectivity index (χ1n) is 11.5. The maximum atomic E-state index is 14.0. The molecule has 0 bridgehead atoms. The number of ether oxygens (including phenoxy) is 3. The first-order chi connectivity index (χ1) is 17.6. The third-order valence-corrected chi connectivity index (χ3v) is 6.94. The average molecular weight is 530 g/mol. The summed E-state index contributed by atoms with van der Waals surface area (Å²) in [4.78, 5) is 18.0. The van der Waals surface area contributed by atoms with Crippen LogP contribution in [0.2, 0.25) is 0 Å². The standard InChI is InChI=1S/C26H28FN3O6S/c1-6-36-25-24(35-4)12-9-19(28-25)22(15-37(5,32)33)30-20-10-7-16(13-21(20)29(2)26(30)31)18-14-17(27)8-11-23(18)34-3/h7-14,22H,6,15H2,1-5H3. The molecular weight excluding hydrogens is 501 g/mol. The van der Waals surface area contributed by atoms with Crippen molar-refractivity contribution in [1.82, 2.24) is 14.1 Å². The van der Waals surface area contributed by atoms with Crippen molar-refractivity contribution in [3.8, 4) is 28.5 Å². The molecule has 0 aliphatic rings. The third-order valence-electron chi connectivity index (χ3n) is 6.02. The van der Waals surface area contributed by atoms with Gasteiger partial charge in [0.05, 0.1) is 49.3 Å². The van der Waals surface area contributed by atoms with E-state index in [0.29, 0.717) is 46.0 Å². The lowest BCUT2D eigenvalue weighted by atomic mass is 10.0. The van der Waals surface area contributed by atoms with Gasteiger partial charge in [0.15, 0.2) is 5.75 Å². The van der Waals surface area contributed by atoms with Crippen LogP contribution in [0.3, 0.4) is 0 Å². The van der Waals surface area contributed by atoms with Gasteiger partial charge < -0.3 is 14.2 Å². The Labute approximate surface area is 214 Å². The summed E-state index contributed by atoms with van der Waals surface area (Å²) in [5, 5.41) is 0. The Hall–Kier alpha value is -3.86. The number of benzene rings is 2. The predicted octanol–water partition coefficient (Wildman–Crippen LogP) is 3.59. The van der Waals surface area contributed by atoms with Crippen molar-refractivity contribution in [2.75, 3.05) is 32.8 Å². The number of nitrogens with zero attached hydrogens (tertiary/aromatic N) is 3. The highest BCUT2D eigenvalue weighted by molar-refractivity contribution is 7.90. The number of pyridine rings is 1. The van der Waals surface area contributed by atoms with Gasteiger partial charge >= 0.3 is 5.69 Å². The summed E-state index contributed by atoms with van der Waals surface area (Å²) in [5.74, 6) is 0.283. The Balaban J connectivity index is 1.94. The number of sulfone groups is 1. The second kappa shape index (κ2) is 10.3. The molecule has 0 fully saturated rings. The fourth-order valence-corrected chi connectivity index (χ4v) is 5.23. The normalized spacial score (nSPS) is 12.5. The molecule has 9 nitrogen and oxygen atoms in total. The summed E-state index contributed by atoms with van der Waals surface area (Å²) in [5.41, 5.74) is 2.09. The molecule has 0 spiro atoms. The number of hydrogen-bond donors (Lipinski definition) is 0. The monoisotopic (exact) mass is 529 g/mol. The molecule has 4 rings (SSSR count). The molecule has 196 valence electrons.